The van der Waals surface area contributed by atoms with Crippen LogP contribution < -0.4 is 15.4 Å². The van der Waals surface area contributed by atoms with Gasteiger partial charge in [0, 0.05) is 19.6 Å². The lowest BCUT2D eigenvalue weighted by molar-refractivity contribution is 0.580. The molecule has 0 aliphatic rings. The molecule has 0 bridgehead atoms. The van der Waals surface area contributed by atoms with Gasteiger partial charge in [0.25, 0.3) is 0 Å². The maximum Gasteiger partial charge on any atom is 0.242 e. The predicted molar refractivity (Wildman–Crippen MR) is 83.5 cm³/mol. The van der Waals surface area contributed by atoms with Crippen LogP contribution in [0.25, 0.3) is 0 Å². The second-order valence-corrected chi connectivity index (χ2v) is 6.32. The van der Waals surface area contributed by atoms with E-state index >= 15 is 0 Å². The number of hydrogen-bond acceptors (Lipinski definition) is 4. The van der Waals surface area contributed by atoms with E-state index in [4.69, 9.17) is 5.73 Å². The third-order valence-corrected chi connectivity index (χ3v) is 4.56. The van der Waals surface area contributed by atoms with Gasteiger partial charge in [0.1, 0.15) is 4.90 Å². The fourth-order valence-electron chi connectivity index (χ4n) is 1.99. The molecule has 20 heavy (non-hydrogen) atoms. The van der Waals surface area contributed by atoms with Crippen molar-refractivity contribution in [2.24, 2.45) is 5.73 Å². The molecule has 0 spiro atoms. The molecule has 114 valence electrons. The van der Waals surface area contributed by atoms with Gasteiger partial charge in [-0.25, -0.2) is 13.1 Å². The van der Waals surface area contributed by atoms with E-state index in [0.29, 0.717) is 18.0 Å². The first-order chi connectivity index (χ1) is 9.56. The van der Waals surface area contributed by atoms with Gasteiger partial charge in [-0.05, 0) is 38.4 Å². The fourth-order valence-corrected chi connectivity index (χ4v) is 3.35. The van der Waals surface area contributed by atoms with Gasteiger partial charge in [0.2, 0.25) is 10.0 Å². The lowest BCUT2D eigenvalue weighted by atomic mass is 10.2. The van der Waals surface area contributed by atoms with Crippen molar-refractivity contribution in [1.29, 1.82) is 0 Å². The van der Waals surface area contributed by atoms with Crippen LogP contribution in [0.3, 0.4) is 0 Å². The number of para-hydroxylation sites is 1. The third-order valence-electron chi connectivity index (χ3n) is 3.05. The Bertz CT molecular complexity index is 503. The molecular weight excluding hydrogens is 274 g/mol. The quantitative estimate of drug-likeness (QED) is 0.725. The lowest BCUT2D eigenvalue weighted by Crippen LogP contribution is -2.30. The van der Waals surface area contributed by atoms with Crippen molar-refractivity contribution in [3.8, 4) is 0 Å². The summed E-state index contributed by atoms with van der Waals surface area (Å²) >= 11 is 0. The van der Waals surface area contributed by atoms with E-state index in [9.17, 15) is 8.42 Å². The zero-order valence-corrected chi connectivity index (χ0v) is 13.1. The first-order valence-corrected chi connectivity index (χ1v) is 8.58. The topological polar surface area (TPSA) is 75.4 Å². The summed E-state index contributed by atoms with van der Waals surface area (Å²) in [7, 11) is -3.46. The smallest absolute Gasteiger partial charge is 0.242 e. The average Bonchev–Trinajstić information content (AvgIpc) is 2.46. The summed E-state index contributed by atoms with van der Waals surface area (Å²) in [5.74, 6) is 0. The largest absolute Gasteiger partial charge is 0.371 e. The molecule has 1 aromatic carbocycles. The maximum atomic E-state index is 12.3. The summed E-state index contributed by atoms with van der Waals surface area (Å²) in [6.07, 6.45) is 1.61. The summed E-state index contributed by atoms with van der Waals surface area (Å²) in [5.41, 5.74) is 6.28. The molecule has 0 heterocycles. The molecule has 0 atom stereocenters. The van der Waals surface area contributed by atoms with Gasteiger partial charge in [-0.1, -0.05) is 19.1 Å². The minimum absolute atomic E-state index is 0.340. The Labute approximate surface area is 122 Å². The molecule has 0 saturated heterocycles. The van der Waals surface area contributed by atoms with Crippen LogP contribution in [0.1, 0.15) is 26.7 Å². The molecule has 1 rings (SSSR count). The number of hydrogen-bond donors (Lipinski definition) is 2. The molecule has 6 heteroatoms. The minimum Gasteiger partial charge on any atom is -0.371 e. The van der Waals surface area contributed by atoms with E-state index in [1.165, 1.54) is 0 Å². The highest BCUT2D eigenvalue weighted by molar-refractivity contribution is 7.89. The molecule has 1 aromatic rings. The molecular formula is C14H25N3O2S. The van der Waals surface area contributed by atoms with Crippen LogP contribution in [0.2, 0.25) is 0 Å². The Kier molecular flexibility index (Phi) is 6.98. The number of rotatable bonds is 9. The molecule has 0 fully saturated rings. The van der Waals surface area contributed by atoms with Gasteiger partial charge >= 0.3 is 0 Å². The SMILES string of the molecule is CCCNS(=O)(=O)c1ccccc1N(CC)CCCN. The van der Waals surface area contributed by atoms with Gasteiger partial charge in [0.15, 0.2) is 0 Å². The van der Waals surface area contributed by atoms with Crippen molar-refractivity contribution >= 4 is 15.7 Å². The Morgan fingerprint density at radius 3 is 2.55 bits per heavy atom. The van der Waals surface area contributed by atoms with Crippen molar-refractivity contribution in [3.05, 3.63) is 24.3 Å². The van der Waals surface area contributed by atoms with Crippen molar-refractivity contribution in [2.45, 2.75) is 31.6 Å². The predicted octanol–water partition coefficient (Wildman–Crippen LogP) is 1.55. The van der Waals surface area contributed by atoms with E-state index in [1.807, 2.05) is 30.9 Å². The third kappa shape index (κ3) is 4.47. The van der Waals surface area contributed by atoms with Gasteiger partial charge < -0.3 is 10.6 Å². The highest BCUT2D eigenvalue weighted by Gasteiger charge is 2.20. The van der Waals surface area contributed by atoms with Crippen LogP contribution in [0.4, 0.5) is 5.69 Å². The number of sulfonamides is 1. The van der Waals surface area contributed by atoms with E-state index in [-0.39, 0.29) is 0 Å². The maximum absolute atomic E-state index is 12.3. The van der Waals surface area contributed by atoms with Crippen molar-refractivity contribution in [2.75, 3.05) is 31.1 Å². The normalized spacial score (nSPS) is 11.6. The molecule has 3 N–H and O–H groups in total. The zero-order valence-electron chi connectivity index (χ0n) is 12.3. The second-order valence-electron chi connectivity index (χ2n) is 4.59. The van der Waals surface area contributed by atoms with Crippen LogP contribution in [0.15, 0.2) is 29.2 Å². The van der Waals surface area contributed by atoms with E-state index in [2.05, 4.69) is 4.72 Å². The molecule has 0 amide bonds. The zero-order chi connectivity index (χ0) is 15.0. The number of nitrogens with two attached hydrogens (primary N) is 1. The van der Waals surface area contributed by atoms with Crippen molar-refractivity contribution in [1.82, 2.24) is 4.72 Å². The van der Waals surface area contributed by atoms with Crippen LogP contribution in [-0.2, 0) is 10.0 Å². The number of benzene rings is 1. The van der Waals surface area contributed by atoms with E-state index in [0.717, 1.165) is 31.6 Å². The summed E-state index contributed by atoms with van der Waals surface area (Å²) in [5, 5.41) is 0. The number of nitrogens with one attached hydrogen (secondary N) is 1. The summed E-state index contributed by atoms with van der Waals surface area (Å²) < 4.78 is 27.3. The Balaban J connectivity index is 3.08. The first-order valence-electron chi connectivity index (χ1n) is 7.10. The lowest BCUT2D eigenvalue weighted by Gasteiger charge is -2.25. The molecule has 0 saturated carbocycles. The fraction of sp³-hybridized carbons (Fsp3) is 0.571. The number of nitrogens with zero attached hydrogens (tertiary/aromatic N) is 1. The first kappa shape index (κ1) is 16.9. The van der Waals surface area contributed by atoms with Crippen molar-refractivity contribution < 1.29 is 8.42 Å². The molecule has 0 radical (unpaired) electrons. The standard InChI is InChI=1S/C14H25N3O2S/c1-3-11-16-20(18,19)14-9-6-5-8-13(14)17(4-2)12-7-10-15/h5-6,8-9,16H,3-4,7,10-12,15H2,1-2H3. The summed E-state index contributed by atoms with van der Waals surface area (Å²) in [6, 6.07) is 7.11. The van der Waals surface area contributed by atoms with Gasteiger partial charge in [-0.3, -0.25) is 0 Å². The second kappa shape index (κ2) is 8.24. The molecule has 0 aliphatic heterocycles. The monoisotopic (exact) mass is 299 g/mol. The van der Waals surface area contributed by atoms with E-state index in [1.54, 1.807) is 12.1 Å². The van der Waals surface area contributed by atoms with Crippen LogP contribution in [0, 0.1) is 0 Å². The molecule has 0 unspecified atom stereocenters. The highest BCUT2D eigenvalue weighted by Crippen LogP contribution is 2.24. The van der Waals surface area contributed by atoms with E-state index < -0.39 is 10.0 Å². The Morgan fingerprint density at radius 1 is 1.25 bits per heavy atom. The highest BCUT2D eigenvalue weighted by atomic mass is 32.2. The van der Waals surface area contributed by atoms with Gasteiger partial charge in [-0.15, -0.1) is 0 Å². The van der Waals surface area contributed by atoms with Gasteiger partial charge in [-0.2, -0.15) is 0 Å². The summed E-state index contributed by atoms with van der Waals surface area (Å²) in [4.78, 5) is 2.39. The van der Waals surface area contributed by atoms with Gasteiger partial charge in [0.05, 0.1) is 5.69 Å². The average molecular weight is 299 g/mol. The van der Waals surface area contributed by atoms with Crippen LogP contribution in [-0.4, -0.2) is 34.6 Å². The van der Waals surface area contributed by atoms with Crippen LogP contribution >= 0.6 is 0 Å². The molecule has 0 aliphatic carbocycles. The summed E-state index contributed by atoms with van der Waals surface area (Å²) in [6.45, 7) is 6.51. The molecule has 5 nitrogen and oxygen atoms in total. The molecule has 0 aromatic heterocycles. The van der Waals surface area contributed by atoms with Crippen molar-refractivity contribution in [3.63, 3.8) is 0 Å². The Morgan fingerprint density at radius 2 is 1.95 bits per heavy atom. The number of anilines is 1. The minimum atomic E-state index is -3.46. The Hall–Kier alpha value is -1.11. The van der Waals surface area contributed by atoms with Crippen LogP contribution in [0.5, 0.6) is 0 Å².